The Labute approximate surface area is 265 Å². The van der Waals surface area contributed by atoms with Gasteiger partial charge in [0.05, 0.1) is 21.3 Å². The molecule has 11 heteroatoms. The average Bonchev–Trinajstić information content (AvgIpc) is 3.63. The zero-order valence-electron chi connectivity index (χ0n) is 24.0. The van der Waals surface area contributed by atoms with Gasteiger partial charge in [0.2, 0.25) is 0 Å². The summed E-state index contributed by atoms with van der Waals surface area (Å²) < 4.78 is 0. The number of piperazine rings is 1. The minimum atomic E-state index is -0.0515. The third-order valence-corrected chi connectivity index (χ3v) is 11.7. The van der Waals surface area contributed by atoms with E-state index in [9.17, 15) is 9.59 Å². The monoisotopic (exact) mass is 645 g/mol. The molecule has 5 heterocycles. The van der Waals surface area contributed by atoms with Gasteiger partial charge in [-0.15, -0.1) is 22.7 Å². The number of anilines is 2. The molecule has 3 aromatic rings. The number of piperidine rings is 1. The second kappa shape index (κ2) is 13.3. The van der Waals surface area contributed by atoms with E-state index in [1.54, 1.807) is 41.9 Å². The van der Waals surface area contributed by atoms with Gasteiger partial charge in [-0.1, -0.05) is 42.5 Å². The molecule has 3 fully saturated rings. The van der Waals surface area contributed by atoms with Crippen molar-refractivity contribution in [2.45, 2.75) is 64.3 Å². The molecule has 1 saturated carbocycles. The number of thiazole rings is 1. The van der Waals surface area contributed by atoms with Crippen molar-refractivity contribution in [2.24, 2.45) is 5.92 Å². The molecule has 0 aromatic carbocycles. The fourth-order valence-corrected chi connectivity index (χ4v) is 9.07. The Hall–Kier alpha value is -2.04. The van der Waals surface area contributed by atoms with Crippen LogP contribution in [0, 0.1) is 5.92 Å². The average molecular weight is 647 g/mol. The van der Waals surface area contributed by atoms with Crippen molar-refractivity contribution in [2.75, 3.05) is 49.1 Å². The number of pyridine rings is 1. The van der Waals surface area contributed by atoms with E-state index in [4.69, 9.17) is 28.2 Å². The van der Waals surface area contributed by atoms with E-state index >= 15 is 0 Å². The molecular formula is C31H37Cl2N5O2S2. The van der Waals surface area contributed by atoms with Crippen LogP contribution < -0.4 is 9.80 Å². The van der Waals surface area contributed by atoms with Crippen LogP contribution in [0.3, 0.4) is 0 Å². The molecule has 3 aliphatic rings. The van der Waals surface area contributed by atoms with Crippen LogP contribution in [0.15, 0.2) is 23.7 Å². The molecule has 7 nitrogen and oxygen atoms in total. The first-order chi connectivity index (χ1) is 20.4. The van der Waals surface area contributed by atoms with Crippen molar-refractivity contribution in [3.8, 4) is 10.6 Å². The van der Waals surface area contributed by atoms with Gasteiger partial charge in [0.25, 0.3) is 0 Å². The van der Waals surface area contributed by atoms with Crippen LogP contribution in [0.4, 0.5) is 10.8 Å². The van der Waals surface area contributed by atoms with E-state index in [1.165, 1.54) is 32.1 Å². The lowest BCUT2D eigenvalue weighted by atomic mass is 9.93. The summed E-state index contributed by atoms with van der Waals surface area (Å²) in [5.74, 6) is 0.979. The van der Waals surface area contributed by atoms with Crippen molar-refractivity contribution in [1.82, 2.24) is 14.9 Å². The Morgan fingerprint density at radius 1 is 0.952 bits per heavy atom. The molecule has 0 radical (unpaired) electrons. The fourth-order valence-electron chi connectivity index (χ4n) is 6.53. The van der Waals surface area contributed by atoms with Crippen molar-refractivity contribution in [3.63, 3.8) is 0 Å². The number of Topliss-reactive ketones (excluding diaryl/α,β-unsaturated/α-hetero) is 2. The first kappa shape index (κ1) is 30.0. The maximum atomic E-state index is 13.4. The van der Waals surface area contributed by atoms with Gasteiger partial charge in [-0.3, -0.25) is 14.5 Å². The normalized spacial score (nSPS) is 19.4. The second-order valence-electron chi connectivity index (χ2n) is 11.7. The van der Waals surface area contributed by atoms with Gasteiger partial charge < -0.3 is 9.80 Å². The first-order valence-corrected chi connectivity index (χ1v) is 17.5. The number of hydrogen-bond donors (Lipinski definition) is 0. The third-order valence-electron chi connectivity index (χ3n) is 8.97. The lowest BCUT2D eigenvalue weighted by molar-refractivity contribution is -0.121. The zero-order chi connectivity index (χ0) is 29.2. The minimum absolute atomic E-state index is 0.0515. The highest BCUT2D eigenvalue weighted by molar-refractivity contribution is 7.18. The molecule has 2 aliphatic heterocycles. The molecule has 42 heavy (non-hydrogen) atoms. The lowest BCUT2D eigenvalue weighted by Gasteiger charge is -2.41. The van der Waals surface area contributed by atoms with Crippen molar-refractivity contribution >= 4 is 68.3 Å². The summed E-state index contributed by atoms with van der Waals surface area (Å²) in [4.78, 5) is 42.9. The van der Waals surface area contributed by atoms with E-state index in [1.807, 2.05) is 11.4 Å². The predicted octanol–water partition coefficient (Wildman–Crippen LogP) is 7.26. The molecule has 0 bridgehead atoms. The number of halogens is 2. The van der Waals surface area contributed by atoms with Crippen LogP contribution in [0.2, 0.25) is 10.0 Å². The van der Waals surface area contributed by atoms with E-state index in [-0.39, 0.29) is 23.9 Å². The highest BCUT2D eigenvalue weighted by Crippen LogP contribution is 2.41. The Bertz CT molecular complexity index is 1420. The summed E-state index contributed by atoms with van der Waals surface area (Å²) >= 11 is 16.1. The largest absolute Gasteiger partial charge is 0.359 e. The molecule has 6 rings (SSSR count). The number of hydrogen-bond acceptors (Lipinski definition) is 9. The minimum Gasteiger partial charge on any atom is -0.359 e. The SMILES string of the molecule is CC(=O)C1CCN(c2ncc(C(=O)Cc3nc(-c4cc(Cl)cs4)c(N4CCN(C5CCCCC5)CC4)s3)cc2Cl)CC1. The van der Waals surface area contributed by atoms with Crippen molar-refractivity contribution in [1.29, 1.82) is 0 Å². The standard InChI is InChI=1S/C31H37Cl2N5O2S2/c1-20(39)21-7-9-37(10-8-21)30-25(33)15-22(18-34-30)26(40)17-28-35-29(27-16-23(32)19-41-27)31(42-28)38-13-11-36(12-14-38)24-5-3-2-4-6-24/h15-16,18-19,21,24H,2-14,17H2,1H3. The quantitative estimate of drug-likeness (QED) is 0.239. The van der Waals surface area contributed by atoms with E-state index < -0.39 is 0 Å². The number of aromatic nitrogens is 2. The number of carbonyl (C=O) groups excluding carboxylic acids is 2. The summed E-state index contributed by atoms with van der Waals surface area (Å²) in [7, 11) is 0. The van der Waals surface area contributed by atoms with Gasteiger partial charge in [0.1, 0.15) is 27.3 Å². The number of carbonyl (C=O) groups is 2. The van der Waals surface area contributed by atoms with E-state index in [0.717, 1.165) is 78.7 Å². The first-order valence-electron chi connectivity index (χ1n) is 15.0. The molecule has 0 N–H and O–H groups in total. The Balaban J connectivity index is 1.16. The highest BCUT2D eigenvalue weighted by Gasteiger charge is 2.29. The van der Waals surface area contributed by atoms with Crippen LogP contribution >= 0.6 is 45.9 Å². The van der Waals surface area contributed by atoms with Gasteiger partial charge in [-0.25, -0.2) is 9.97 Å². The molecular weight excluding hydrogens is 609 g/mol. The van der Waals surface area contributed by atoms with Gasteiger partial charge in [-0.05, 0) is 44.7 Å². The van der Waals surface area contributed by atoms with Crippen LogP contribution in [0.5, 0.6) is 0 Å². The van der Waals surface area contributed by atoms with Crippen molar-refractivity contribution in [3.05, 3.63) is 44.3 Å². The molecule has 1 aliphatic carbocycles. The van der Waals surface area contributed by atoms with Crippen LogP contribution in [0.25, 0.3) is 10.6 Å². The van der Waals surface area contributed by atoms with E-state index in [0.29, 0.717) is 21.4 Å². The smallest absolute Gasteiger partial charge is 0.171 e. The van der Waals surface area contributed by atoms with Crippen LogP contribution in [-0.4, -0.2) is 71.7 Å². The summed E-state index contributed by atoms with van der Waals surface area (Å²) in [6.07, 6.45) is 10.1. The molecule has 0 spiro atoms. The summed E-state index contributed by atoms with van der Waals surface area (Å²) in [5, 5.41) is 5.02. The summed E-state index contributed by atoms with van der Waals surface area (Å²) in [5.41, 5.74) is 1.41. The van der Waals surface area contributed by atoms with Gasteiger partial charge in [0, 0.05) is 68.4 Å². The maximum absolute atomic E-state index is 13.4. The van der Waals surface area contributed by atoms with Crippen molar-refractivity contribution < 1.29 is 9.59 Å². The number of thiophene rings is 1. The molecule has 3 aromatic heterocycles. The van der Waals surface area contributed by atoms with Gasteiger partial charge >= 0.3 is 0 Å². The number of nitrogens with zero attached hydrogens (tertiary/aromatic N) is 5. The molecule has 0 unspecified atom stereocenters. The molecule has 2 saturated heterocycles. The molecule has 224 valence electrons. The lowest BCUT2D eigenvalue weighted by Crippen LogP contribution is -2.50. The summed E-state index contributed by atoms with van der Waals surface area (Å²) in [6, 6.07) is 4.42. The van der Waals surface area contributed by atoms with Crippen LogP contribution in [-0.2, 0) is 11.2 Å². The predicted molar refractivity (Wildman–Crippen MR) is 174 cm³/mol. The van der Waals surface area contributed by atoms with Crippen LogP contribution in [0.1, 0.15) is 67.2 Å². The molecule has 0 amide bonds. The fraction of sp³-hybridized carbons (Fsp3) is 0.548. The number of ketones is 2. The summed E-state index contributed by atoms with van der Waals surface area (Å²) in [6.45, 7) is 7.17. The number of rotatable bonds is 8. The molecule has 0 atom stereocenters. The Kier molecular flexibility index (Phi) is 9.50. The Morgan fingerprint density at radius 2 is 1.69 bits per heavy atom. The second-order valence-corrected chi connectivity index (χ2v) is 14.5. The maximum Gasteiger partial charge on any atom is 0.171 e. The van der Waals surface area contributed by atoms with Gasteiger partial charge in [-0.2, -0.15) is 0 Å². The topological polar surface area (TPSA) is 69.6 Å². The third kappa shape index (κ3) is 6.70. The zero-order valence-corrected chi connectivity index (χ0v) is 27.1. The van der Waals surface area contributed by atoms with E-state index in [2.05, 4.69) is 19.7 Å². The highest BCUT2D eigenvalue weighted by atomic mass is 35.5. The van der Waals surface area contributed by atoms with Gasteiger partial charge in [0.15, 0.2) is 5.78 Å². The Morgan fingerprint density at radius 3 is 2.33 bits per heavy atom.